The number of carbonyl (C=O) groups excluding carboxylic acids is 2. The summed E-state index contributed by atoms with van der Waals surface area (Å²) < 4.78 is 31.8. The monoisotopic (exact) mass is 316 g/mol. The van der Waals surface area contributed by atoms with E-state index in [1.807, 2.05) is 0 Å². The lowest BCUT2D eigenvalue weighted by Crippen LogP contribution is -2.40. The minimum absolute atomic E-state index is 0.0875. The fraction of sp³-hybridized carbons (Fsp3) is 0.500. The normalized spacial score (nSPS) is 16.8. The van der Waals surface area contributed by atoms with E-state index in [1.54, 1.807) is 0 Å². The molecule has 0 bridgehead atoms. The average Bonchev–Trinajstić information content (AvgIpc) is 2.95. The summed E-state index contributed by atoms with van der Waals surface area (Å²) in [7, 11) is -2.64. The van der Waals surface area contributed by atoms with Gasteiger partial charge in [-0.3, -0.25) is 9.59 Å². The number of esters is 1. The van der Waals surface area contributed by atoms with E-state index in [-0.39, 0.29) is 17.6 Å². The Kier molecular flexibility index (Phi) is 4.33. The van der Waals surface area contributed by atoms with E-state index in [0.717, 1.165) is 6.07 Å². The third-order valence-corrected chi connectivity index (χ3v) is 4.17. The van der Waals surface area contributed by atoms with Crippen molar-refractivity contribution in [3.05, 3.63) is 17.9 Å². The Hall–Kier alpha value is -1.87. The van der Waals surface area contributed by atoms with Crippen LogP contribution in [0.3, 0.4) is 0 Å². The molecule has 1 saturated heterocycles. The van der Waals surface area contributed by atoms with E-state index in [2.05, 4.69) is 4.74 Å². The summed E-state index contributed by atoms with van der Waals surface area (Å²) in [6.45, 7) is 0.758. The summed E-state index contributed by atoms with van der Waals surface area (Å²) in [6, 6.07) is 2.41. The number of rotatable bonds is 3. The number of methoxy groups -OCH3 is 1. The van der Waals surface area contributed by atoms with Gasteiger partial charge >= 0.3 is 5.97 Å². The van der Waals surface area contributed by atoms with Crippen molar-refractivity contribution in [2.75, 3.05) is 20.2 Å². The Labute approximate surface area is 121 Å². The van der Waals surface area contributed by atoms with Crippen LogP contribution in [0.5, 0.6) is 0 Å². The number of ether oxygens (including phenoxy) is 1. The van der Waals surface area contributed by atoms with E-state index >= 15 is 0 Å². The molecular weight excluding hydrogens is 300 g/mol. The van der Waals surface area contributed by atoms with Gasteiger partial charge in [-0.05, 0) is 25.0 Å². The maximum Gasteiger partial charge on any atom is 0.308 e. The fourth-order valence-electron chi connectivity index (χ4n) is 2.23. The molecule has 21 heavy (non-hydrogen) atoms. The van der Waals surface area contributed by atoms with Gasteiger partial charge in [-0.1, -0.05) is 0 Å². The van der Waals surface area contributed by atoms with Crippen LogP contribution >= 0.6 is 0 Å². The topological polar surface area (TPSA) is 120 Å². The first-order valence-corrected chi connectivity index (χ1v) is 7.87. The third-order valence-electron chi connectivity index (χ3n) is 3.39. The molecule has 8 nitrogen and oxygen atoms in total. The summed E-state index contributed by atoms with van der Waals surface area (Å²) in [5, 5.41) is 4.47. The molecule has 2 rings (SSSR count). The first-order chi connectivity index (χ1) is 9.82. The Morgan fingerprint density at radius 3 is 2.43 bits per heavy atom. The number of furan rings is 1. The standard InChI is InChI=1S/C12H16N2O6S/c1-19-12(16)8-4-6-14(7-5-8)11(15)9-2-3-10(20-9)21(13,17)18/h2-3,8H,4-7H2,1H3,(H2,13,17,18). The van der Waals surface area contributed by atoms with Crippen LogP contribution in [0.2, 0.25) is 0 Å². The van der Waals surface area contributed by atoms with Gasteiger partial charge in [0.1, 0.15) is 0 Å². The number of hydrogen-bond acceptors (Lipinski definition) is 6. The summed E-state index contributed by atoms with van der Waals surface area (Å²) >= 11 is 0. The van der Waals surface area contributed by atoms with Gasteiger partial charge in [-0.25, -0.2) is 13.6 Å². The molecule has 0 saturated carbocycles. The molecule has 1 aliphatic heterocycles. The lowest BCUT2D eigenvalue weighted by Gasteiger charge is -2.29. The van der Waals surface area contributed by atoms with Crippen molar-refractivity contribution in [2.45, 2.75) is 17.9 Å². The summed E-state index contributed by atoms with van der Waals surface area (Å²) in [6.07, 6.45) is 1.00. The molecule has 1 aliphatic rings. The molecule has 9 heteroatoms. The maximum atomic E-state index is 12.2. The Bertz CT molecular complexity index is 642. The zero-order chi connectivity index (χ0) is 15.6. The predicted molar refractivity (Wildman–Crippen MR) is 70.7 cm³/mol. The molecule has 0 unspecified atom stereocenters. The number of nitrogens with two attached hydrogens (primary N) is 1. The Morgan fingerprint density at radius 1 is 1.33 bits per heavy atom. The highest BCUT2D eigenvalue weighted by molar-refractivity contribution is 7.89. The van der Waals surface area contributed by atoms with E-state index in [0.29, 0.717) is 25.9 Å². The number of primary sulfonamides is 1. The van der Waals surface area contributed by atoms with Crippen molar-refractivity contribution in [2.24, 2.45) is 11.1 Å². The highest BCUT2D eigenvalue weighted by atomic mass is 32.2. The molecule has 0 atom stereocenters. The molecule has 0 aromatic carbocycles. The number of hydrogen-bond donors (Lipinski definition) is 1. The lowest BCUT2D eigenvalue weighted by atomic mass is 9.97. The smallest absolute Gasteiger partial charge is 0.308 e. The Balaban J connectivity index is 2.02. The quantitative estimate of drug-likeness (QED) is 0.781. The van der Waals surface area contributed by atoms with Gasteiger partial charge in [0.25, 0.3) is 15.9 Å². The number of sulfonamides is 1. The number of carbonyl (C=O) groups is 2. The summed E-state index contributed by atoms with van der Waals surface area (Å²) in [4.78, 5) is 25.1. The fourth-order valence-corrected chi connectivity index (χ4v) is 2.69. The molecule has 1 aromatic heterocycles. The van der Waals surface area contributed by atoms with Crippen molar-refractivity contribution in [1.82, 2.24) is 4.90 Å². The van der Waals surface area contributed by atoms with Crippen LogP contribution in [0.1, 0.15) is 23.4 Å². The largest absolute Gasteiger partial charge is 0.469 e. The van der Waals surface area contributed by atoms with Gasteiger partial charge in [0.05, 0.1) is 13.0 Å². The molecule has 0 radical (unpaired) electrons. The number of amides is 1. The summed E-state index contributed by atoms with van der Waals surface area (Å²) in [5.41, 5.74) is 0. The van der Waals surface area contributed by atoms with Crippen molar-refractivity contribution < 1.29 is 27.2 Å². The third kappa shape index (κ3) is 3.42. The maximum absolute atomic E-state index is 12.2. The van der Waals surface area contributed by atoms with Crippen LogP contribution in [0, 0.1) is 5.92 Å². The number of likely N-dealkylation sites (tertiary alicyclic amines) is 1. The van der Waals surface area contributed by atoms with E-state index < -0.39 is 21.0 Å². The second-order valence-electron chi connectivity index (χ2n) is 4.75. The second kappa shape index (κ2) is 5.86. The zero-order valence-corrected chi connectivity index (χ0v) is 12.3. The molecule has 2 heterocycles. The van der Waals surface area contributed by atoms with Crippen LogP contribution in [0.25, 0.3) is 0 Å². The number of nitrogens with zero attached hydrogens (tertiary/aromatic N) is 1. The van der Waals surface area contributed by atoms with Gasteiger partial charge in [-0.2, -0.15) is 0 Å². The van der Waals surface area contributed by atoms with Crippen LogP contribution in [0.15, 0.2) is 21.6 Å². The van der Waals surface area contributed by atoms with Gasteiger partial charge in [-0.15, -0.1) is 0 Å². The molecule has 0 spiro atoms. The molecule has 116 valence electrons. The second-order valence-corrected chi connectivity index (χ2v) is 6.25. The molecule has 0 aliphatic carbocycles. The van der Waals surface area contributed by atoms with Gasteiger partial charge in [0.2, 0.25) is 5.09 Å². The minimum Gasteiger partial charge on any atom is -0.469 e. The van der Waals surface area contributed by atoms with E-state index in [4.69, 9.17) is 9.56 Å². The van der Waals surface area contributed by atoms with Gasteiger partial charge in [0.15, 0.2) is 5.76 Å². The first kappa shape index (κ1) is 15.5. The van der Waals surface area contributed by atoms with E-state index in [1.165, 1.54) is 18.1 Å². The minimum atomic E-state index is -3.97. The van der Waals surface area contributed by atoms with Crippen molar-refractivity contribution in [3.8, 4) is 0 Å². The number of piperidine rings is 1. The predicted octanol–water partition coefficient (Wildman–Crippen LogP) is -0.0478. The summed E-state index contributed by atoms with van der Waals surface area (Å²) in [5.74, 6) is -1.00. The van der Waals surface area contributed by atoms with Crippen LogP contribution in [-0.4, -0.2) is 45.4 Å². The highest BCUT2D eigenvalue weighted by Gasteiger charge is 2.30. The molecule has 2 N–H and O–H groups in total. The highest BCUT2D eigenvalue weighted by Crippen LogP contribution is 2.21. The molecule has 1 aromatic rings. The first-order valence-electron chi connectivity index (χ1n) is 6.32. The lowest BCUT2D eigenvalue weighted by molar-refractivity contribution is -0.146. The van der Waals surface area contributed by atoms with Crippen molar-refractivity contribution >= 4 is 21.9 Å². The Morgan fingerprint density at radius 2 is 1.95 bits per heavy atom. The molecule has 1 amide bonds. The average molecular weight is 316 g/mol. The van der Waals surface area contributed by atoms with Crippen molar-refractivity contribution in [3.63, 3.8) is 0 Å². The van der Waals surface area contributed by atoms with Gasteiger partial charge < -0.3 is 14.1 Å². The van der Waals surface area contributed by atoms with Crippen LogP contribution in [-0.2, 0) is 19.6 Å². The van der Waals surface area contributed by atoms with Crippen LogP contribution < -0.4 is 5.14 Å². The molecule has 1 fully saturated rings. The van der Waals surface area contributed by atoms with Crippen LogP contribution in [0.4, 0.5) is 0 Å². The SMILES string of the molecule is COC(=O)C1CCN(C(=O)c2ccc(S(N)(=O)=O)o2)CC1. The van der Waals surface area contributed by atoms with Gasteiger partial charge in [0, 0.05) is 13.1 Å². The van der Waals surface area contributed by atoms with E-state index in [9.17, 15) is 18.0 Å². The van der Waals surface area contributed by atoms with Crippen molar-refractivity contribution in [1.29, 1.82) is 0 Å². The molecular formula is C12H16N2O6S. The zero-order valence-electron chi connectivity index (χ0n) is 11.4.